The zero-order valence-corrected chi connectivity index (χ0v) is 33.8. The van der Waals surface area contributed by atoms with Crippen LogP contribution in [0.25, 0.3) is 58.4 Å². The van der Waals surface area contributed by atoms with Crippen molar-refractivity contribution in [2.24, 2.45) is 0 Å². The highest BCUT2D eigenvalue weighted by Crippen LogP contribution is 2.30. The van der Waals surface area contributed by atoms with Gasteiger partial charge in [-0.1, -0.05) is 229 Å². The molecule has 0 aliphatic heterocycles. The maximum atomic E-state index is 2.30. The van der Waals surface area contributed by atoms with Crippen LogP contribution >= 0.6 is 0 Å². The van der Waals surface area contributed by atoms with E-state index in [1.54, 1.807) is 0 Å². The summed E-state index contributed by atoms with van der Waals surface area (Å²) in [5.41, 5.74) is 19.4. The second-order valence-electron chi connectivity index (χ2n) is 15.4. The summed E-state index contributed by atoms with van der Waals surface area (Å²) in [5, 5.41) is 2.48. The van der Waals surface area contributed by atoms with E-state index in [4.69, 9.17) is 0 Å². The number of hydrogen-bond acceptors (Lipinski definition) is 0. The summed E-state index contributed by atoms with van der Waals surface area (Å²) in [6.07, 6.45) is 13.5. The predicted octanol–water partition coefficient (Wildman–Crippen LogP) is 15.6. The van der Waals surface area contributed by atoms with Crippen LogP contribution in [0.15, 0.2) is 182 Å². The van der Waals surface area contributed by atoms with Gasteiger partial charge in [-0.2, -0.15) is 0 Å². The lowest BCUT2D eigenvalue weighted by Gasteiger charge is -2.10. The Kier molecular flexibility index (Phi) is 11.4. The van der Waals surface area contributed by atoms with Crippen molar-refractivity contribution in [2.75, 3.05) is 0 Å². The summed E-state index contributed by atoms with van der Waals surface area (Å²) >= 11 is 0. The van der Waals surface area contributed by atoms with E-state index in [1.165, 1.54) is 88.7 Å². The lowest BCUT2D eigenvalue weighted by molar-refractivity contribution is 1.43. The third kappa shape index (κ3) is 9.15. The maximum Gasteiger partial charge on any atom is -0.00389 e. The Labute approximate surface area is 344 Å². The maximum absolute atomic E-state index is 2.30. The van der Waals surface area contributed by atoms with Gasteiger partial charge in [0.05, 0.1) is 0 Å². The molecule has 0 unspecified atom stereocenters. The Morgan fingerprint density at radius 1 is 0.293 bits per heavy atom. The van der Waals surface area contributed by atoms with Crippen LogP contribution in [0.2, 0.25) is 0 Å². The van der Waals surface area contributed by atoms with Crippen molar-refractivity contribution < 1.29 is 0 Å². The number of rotatable bonds is 10. The van der Waals surface area contributed by atoms with Crippen molar-refractivity contribution in [3.63, 3.8) is 0 Å². The molecule has 0 radical (unpaired) electrons. The molecule has 8 aromatic carbocycles. The van der Waals surface area contributed by atoms with E-state index in [0.717, 1.165) is 11.1 Å². The van der Waals surface area contributed by atoms with Crippen molar-refractivity contribution >= 4 is 58.4 Å². The molecule has 0 atom stereocenters. The van der Waals surface area contributed by atoms with Gasteiger partial charge >= 0.3 is 0 Å². The molecule has 0 saturated heterocycles. The zero-order valence-electron chi connectivity index (χ0n) is 33.8. The van der Waals surface area contributed by atoms with Crippen LogP contribution in [0.3, 0.4) is 0 Å². The lowest BCUT2D eigenvalue weighted by Crippen LogP contribution is -1.89. The van der Waals surface area contributed by atoms with Crippen molar-refractivity contribution in [3.8, 4) is 0 Å². The SMILES string of the molecule is Cc1ccc(C(=Cc2ccc(/C=C/c3cccc4cccc(/C=C/c5ccc(C=C(c6ccc(C)cc6)c6ccc(C)cc6)cc5)c34)cc2)c2ccc(C)cc2)cc1. The lowest BCUT2D eigenvalue weighted by atomic mass is 9.94. The average Bonchev–Trinajstić information content (AvgIpc) is 3.25. The molecule has 8 rings (SSSR count). The molecule has 280 valence electrons. The molecule has 0 aromatic heterocycles. The molecule has 0 amide bonds. The molecule has 0 aliphatic rings. The first kappa shape index (κ1) is 37.9. The second-order valence-corrected chi connectivity index (χ2v) is 15.4. The van der Waals surface area contributed by atoms with E-state index in [2.05, 4.69) is 246 Å². The summed E-state index contributed by atoms with van der Waals surface area (Å²) in [6.45, 7) is 8.54. The molecule has 0 nitrogen and oxygen atoms in total. The van der Waals surface area contributed by atoms with E-state index in [0.29, 0.717) is 0 Å². The fraction of sp³-hybridized carbons (Fsp3) is 0.0690. The van der Waals surface area contributed by atoms with E-state index in [-0.39, 0.29) is 0 Å². The minimum atomic E-state index is 1.16. The van der Waals surface area contributed by atoms with E-state index >= 15 is 0 Å². The van der Waals surface area contributed by atoms with Gasteiger partial charge in [-0.15, -0.1) is 0 Å². The Hall–Kier alpha value is -7.02. The predicted molar refractivity (Wildman–Crippen MR) is 253 cm³/mol. The summed E-state index contributed by atoms with van der Waals surface area (Å²) in [5.74, 6) is 0. The first-order valence-electron chi connectivity index (χ1n) is 20.1. The monoisotopic (exact) mass is 744 g/mol. The minimum absolute atomic E-state index is 1.16. The quantitative estimate of drug-likeness (QED) is 0.122. The van der Waals surface area contributed by atoms with E-state index in [1.807, 2.05) is 0 Å². The fourth-order valence-electron chi connectivity index (χ4n) is 7.39. The number of benzene rings is 8. The summed E-state index contributed by atoms with van der Waals surface area (Å²) < 4.78 is 0. The van der Waals surface area contributed by atoms with Gasteiger partial charge in [0.25, 0.3) is 0 Å². The van der Waals surface area contributed by atoms with Crippen LogP contribution in [0.4, 0.5) is 0 Å². The van der Waals surface area contributed by atoms with Crippen LogP contribution in [0.1, 0.15) is 77.9 Å². The van der Waals surface area contributed by atoms with Crippen LogP contribution in [0.5, 0.6) is 0 Å². The molecule has 0 N–H and O–H groups in total. The van der Waals surface area contributed by atoms with Crippen LogP contribution in [-0.4, -0.2) is 0 Å². The summed E-state index contributed by atoms with van der Waals surface area (Å²) in [7, 11) is 0. The molecule has 0 heterocycles. The molecule has 0 spiro atoms. The van der Waals surface area contributed by atoms with E-state index < -0.39 is 0 Å². The van der Waals surface area contributed by atoms with Gasteiger partial charge in [-0.05, 0) is 117 Å². The van der Waals surface area contributed by atoms with Crippen molar-refractivity contribution in [1.29, 1.82) is 0 Å². The van der Waals surface area contributed by atoms with Gasteiger partial charge < -0.3 is 0 Å². The third-order valence-corrected chi connectivity index (χ3v) is 10.8. The van der Waals surface area contributed by atoms with Crippen molar-refractivity contribution in [3.05, 3.63) is 260 Å². The molecule has 0 fully saturated rings. The number of hydrogen-bond donors (Lipinski definition) is 0. The van der Waals surface area contributed by atoms with E-state index in [9.17, 15) is 0 Å². The number of aryl methyl sites for hydroxylation is 4. The van der Waals surface area contributed by atoms with Crippen molar-refractivity contribution in [1.82, 2.24) is 0 Å². The fourth-order valence-corrected chi connectivity index (χ4v) is 7.39. The molecule has 8 aromatic rings. The van der Waals surface area contributed by atoms with Gasteiger partial charge in [0.2, 0.25) is 0 Å². The Balaban J connectivity index is 1.03. The summed E-state index contributed by atoms with van der Waals surface area (Å²) in [6, 6.07) is 66.0. The first-order valence-corrected chi connectivity index (χ1v) is 20.1. The zero-order chi connectivity index (χ0) is 39.8. The van der Waals surface area contributed by atoms with Gasteiger partial charge in [0, 0.05) is 0 Å². The highest BCUT2D eigenvalue weighted by molar-refractivity contribution is 6.00. The van der Waals surface area contributed by atoms with Crippen LogP contribution < -0.4 is 0 Å². The molecular weight excluding hydrogens is 697 g/mol. The highest BCUT2D eigenvalue weighted by Gasteiger charge is 2.08. The normalized spacial score (nSPS) is 11.3. The summed E-state index contributed by atoms with van der Waals surface area (Å²) in [4.78, 5) is 0. The molecule has 0 heteroatoms. The average molecular weight is 745 g/mol. The van der Waals surface area contributed by atoms with Crippen molar-refractivity contribution in [2.45, 2.75) is 27.7 Å². The Bertz CT molecular complexity index is 2480. The minimum Gasteiger partial charge on any atom is -0.0610 e. The molecule has 0 saturated carbocycles. The van der Waals surface area contributed by atoms with Crippen LogP contribution in [-0.2, 0) is 0 Å². The number of fused-ring (bicyclic) bond motifs is 1. The standard InChI is InChI=1S/C58H48/c1-41-11-29-49(30-12-41)56(50-31-13-42(2)14-32-50)39-47-23-19-45(20-24-47)27-37-54-9-5-7-53-8-6-10-55(58(53)54)38-28-46-21-25-48(26-22-46)40-57(51-33-15-43(3)16-34-51)52-35-17-44(4)18-36-52/h5-40H,1-4H3/b37-27+,38-28+. The van der Waals surface area contributed by atoms with Crippen LogP contribution in [0, 0.1) is 27.7 Å². The topological polar surface area (TPSA) is 0 Å². The second kappa shape index (κ2) is 17.4. The molecule has 0 bridgehead atoms. The van der Waals surface area contributed by atoms with Gasteiger partial charge in [-0.25, -0.2) is 0 Å². The van der Waals surface area contributed by atoms with Gasteiger partial charge in [0.1, 0.15) is 0 Å². The molecule has 58 heavy (non-hydrogen) atoms. The van der Waals surface area contributed by atoms with Gasteiger partial charge in [-0.3, -0.25) is 0 Å². The smallest absolute Gasteiger partial charge is 0.00389 e. The largest absolute Gasteiger partial charge is 0.0610 e. The van der Waals surface area contributed by atoms with Gasteiger partial charge in [0.15, 0.2) is 0 Å². The highest BCUT2D eigenvalue weighted by atomic mass is 14.1. The third-order valence-electron chi connectivity index (χ3n) is 10.8. The Morgan fingerprint density at radius 3 is 0.897 bits per heavy atom. The molecule has 0 aliphatic carbocycles. The first-order chi connectivity index (χ1) is 28.3. The Morgan fingerprint density at radius 2 is 0.586 bits per heavy atom. The molecular formula is C58H48.